The summed E-state index contributed by atoms with van der Waals surface area (Å²) in [6.45, 7) is 7.24. The number of carbonyl (C=O) groups excluding carboxylic acids is 2. The fourth-order valence-corrected chi connectivity index (χ4v) is 7.28. The quantitative estimate of drug-likeness (QED) is 0.339. The summed E-state index contributed by atoms with van der Waals surface area (Å²) < 4.78 is 32.0. The van der Waals surface area contributed by atoms with Crippen LogP contribution in [0.15, 0.2) is 45.8 Å². The number of fused-ring (bicyclic) bond motifs is 1. The Kier molecular flexibility index (Phi) is 11.3. The summed E-state index contributed by atoms with van der Waals surface area (Å²) in [5, 5.41) is 4.83. The molecule has 2 aliphatic rings. The van der Waals surface area contributed by atoms with E-state index in [9.17, 15) is 18.0 Å². The Balaban J connectivity index is 1.12. The molecule has 2 aliphatic heterocycles. The number of benzene rings is 2. The monoisotopic (exact) mass is 635 g/mol. The maximum atomic E-state index is 12.8. The van der Waals surface area contributed by atoms with Gasteiger partial charge in [0.1, 0.15) is 0 Å². The van der Waals surface area contributed by atoms with Gasteiger partial charge in [-0.15, -0.1) is 0 Å². The molecule has 0 unspecified atom stereocenters. The molecule has 2 amide bonds. The number of piperidine rings is 2. The van der Waals surface area contributed by atoms with Gasteiger partial charge in [0.15, 0.2) is 9.84 Å². The van der Waals surface area contributed by atoms with Crippen molar-refractivity contribution in [3.8, 4) is 0 Å². The molecule has 0 atom stereocenters. The number of ether oxygens (including phenoxy) is 1. The fourth-order valence-electron chi connectivity index (χ4n) is 5.56. The third-order valence-electron chi connectivity index (χ3n) is 8.09. The van der Waals surface area contributed by atoms with E-state index in [1.54, 1.807) is 12.1 Å². The van der Waals surface area contributed by atoms with Gasteiger partial charge in [-0.2, -0.15) is 0 Å². The molecule has 1 N–H and O–H groups in total. The van der Waals surface area contributed by atoms with Crippen LogP contribution in [0, 0.1) is 11.8 Å². The molecule has 0 spiro atoms. The molecular weight excluding hydrogens is 594 g/mol. The Labute approximate surface area is 246 Å². The lowest BCUT2D eigenvalue weighted by Crippen LogP contribution is -2.45. The van der Waals surface area contributed by atoms with Crippen LogP contribution in [-0.4, -0.2) is 81.8 Å². The Bertz CT molecular complexity index is 1260. The zero-order valence-corrected chi connectivity index (χ0v) is 25.8. The van der Waals surface area contributed by atoms with Gasteiger partial charge in [-0.25, -0.2) is 13.2 Å². The maximum absolute atomic E-state index is 12.8. The zero-order chi connectivity index (χ0) is 28.5. The zero-order valence-electron chi connectivity index (χ0n) is 23.4. The van der Waals surface area contributed by atoms with E-state index in [1.807, 2.05) is 29.2 Å². The van der Waals surface area contributed by atoms with Crippen LogP contribution >= 0.6 is 15.9 Å². The van der Waals surface area contributed by atoms with Gasteiger partial charge in [0.2, 0.25) is 5.91 Å². The minimum atomic E-state index is -3.42. The first-order chi connectivity index (χ1) is 19.2. The predicted octanol–water partition coefficient (Wildman–Crippen LogP) is 5.24. The largest absolute Gasteiger partial charge is 0.449 e. The van der Waals surface area contributed by atoms with Gasteiger partial charge in [0.25, 0.3) is 0 Å². The Hall–Kier alpha value is -2.17. The Morgan fingerprint density at radius 3 is 2.40 bits per heavy atom. The molecule has 220 valence electrons. The summed E-state index contributed by atoms with van der Waals surface area (Å²) in [5.74, 6) is 0.579. The van der Waals surface area contributed by atoms with E-state index in [-0.39, 0.29) is 23.7 Å². The van der Waals surface area contributed by atoms with E-state index >= 15 is 0 Å². The second-order valence-electron chi connectivity index (χ2n) is 11.1. The molecule has 4 rings (SSSR count). The number of sulfone groups is 1. The van der Waals surface area contributed by atoms with E-state index in [0.29, 0.717) is 30.4 Å². The molecule has 0 bridgehead atoms. The Morgan fingerprint density at radius 1 is 0.975 bits per heavy atom. The second kappa shape index (κ2) is 14.6. The third kappa shape index (κ3) is 8.66. The number of unbranched alkanes of at least 4 members (excludes halogenated alkanes) is 1. The van der Waals surface area contributed by atoms with Crippen LogP contribution in [0.1, 0.15) is 51.9 Å². The van der Waals surface area contributed by atoms with Gasteiger partial charge in [-0.05, 0) is 92.6 Å². The minimum absolute atomic E-state index is 0.00301. The third-order valence-corrected chi connectivity index (χ3v) is 10.4. The van der Waals surface area contributed by atoms with Crippen molar-refractivity contribution < 1.29 is 22.7 Å². The maximum Gasteiger partial charge on any atom is 0.409 e. The highest BCUT2D eigenvalue weighted by Gasteiger charge is 2.29. The first kappa shape index (κ1) is 30.8. The number of hydrogen-bond acceptors (Lipinski definition) is 6. The van der Waals surface area contributed by atoms with Gasteiger partial charge in [0.05, 0.1) is 17.3 Å². The number of hydrogen-bond donors (Lipinski definition) is 1. The second-order valence-corrected chi connectivity index (χ2v) is 14.1. The summed E-state index contributed by atoms with van der Waals surface area (Å²) in [6.07, 6.45) is 5.74. The number of carbonyl (C=O) groups is 2. The molecule has 40 heavy (non-hydrogen) atoms. The van der Waals surface area contributed by atoms with Crippen molar-refractivity contribution in [1.29, 1.82) is 0 Å². The van der Waals surface area contributed by atoms with Crippen molar-refractivity contribution in [3.63, 3.8) is 0 Å². The van der Waals surface area contributed by atoms with Crippen molar-refractivity contribution in [3.05, 3.63) is 40.9 Å². The van der Waals surface area contributed by atoms with Crippen LogP contribution in [0.3, 0.4) is 0 Å². The van der Waals surface area contributed by atoms with E-state index in [4.69, 9.17) is 4.74 Å². The highest BCUT2D eigenvalue weighted by Crippen LogP contribution is 2.25. The van der Waals surface area contributed by atoms with Crippen molar-refractivity contribution in [2.45, 2.75) is 56.8 Å². The van der Waals surface area contributed by atoms with Crippen LogP contribution in [0.5, 0.6) is 0 Å². The number of likely N-dealkylation sites (tertiary alicyclic amines) is 2. The van der Waals surface area contributed by atoms with Crippen LogP contribution in [-0.2, 0) is 19.4 Å². The average Bonchev–Trinajstić information content (AvgIpc) is 2.95. The smallest absolute Gasteiger partial charge is 0.409 e. The number of amides is 2. The number of nitrogens with zero attached hydrogens (tertiary/aromatic N) is 2. The van der Waals surface area contributed by atoms with Crippen molar-refractivity contribution >= 4 is 48.5 Å². The number of nitrogens with one attached hydrogen (secondary N) is 1. The summed E-state index contributed by atoms with van der Waals surface area (Å²) in [5.41, 5.74) is 0. The molecular formula is C30H42BrN3O5S. The van der Waals surface area contributed by atoms with Gasteiger partial charge in [0, 0.05) is 36.6 Å². The lowest BCUT2D eigenvalue weighted by Gasteiger charge is -2.37. The first-order valence-corrected chi connectivity index (χ1v) is 17.0. The van der Waals surface area contributed by atoms with Crippen LogP contribution < -0.4 is 5.32 Å². The molecule has 0 aromatic heterocycles. The molecule has 2 saturated heterocycles. The summed E-state index contributed by atoms with van der Waals surface area (Å²) in [6, 6.07) is 11.0. The Morgan fingerprint density at radius 2 is 1.68 bits per heavy atom. The highest BCUT2D eigenvalue weighted by atomic mass is 79.9. The van der Waals surface area contributed by atoms with Crippen molar-refractivity contribution in [1.82, 2.24) is 15.1 Å². The molecule has 10 heteroatoms. The summed E-state index contributed by atoms with van der Waals surface area (Å²) in [4.78, 5) is 29.5. The summed E-state index contributed by atoms with van der Waals surface area (Å²) in [7, 11) is -3.42. The van der Waals surface area contributed by atoms with Crippen molar-refractivity contribution in [2.24, 2.45) is 11.8 Å². The molecule has 0 saturated carbocycles. The number of halogens is 1. The molecule has 0 radical (unpaired) electrons. The molecule has 2 heterocycles. The van der Waals surface area contributed by atoms with Crippen LogP contribution in [0.2, 0.25) is 0 Å². The van der Waals surface area contributed by atoms with E-state index in [1.165, 1.54) is 0 Å². The van der Waals surface area contributed by atoms with Crippen molar-refractivity contribution in [2.75, 3.05) is 51.6 Å². The number of rotatable bonds is 11. The van der Waals surface area contributed by atoms with Gasteiger partial charge < -0.3 is 19.9 Å². The lowest BCUT2D eigenvalue weighted by atomic mass is 9.92. The van der Waals surface area contributed by atoms with Gasteiger partial charge in [-0.3, -0.25) is 4.79 Å². The van der Waals surface area contributed by atoms with Gasteiger partial charge in [-0.1, -0.05) is 41.4 Å². The highest BCUT2D eigenvalue weighted by molar-refractivity contribution is 9.10. The van der Waals surface area contributed by atoms with E-state index in [0.717, 1.165) is 86.5 Å². The fraction of sp³-hybridized carbons (Fsp3) is 0.600. The summed E-state index contributed by atoms with van der Waals surface area (Å²) >= 11 is 3.44. The molecule has 2 aromatic carbocycles. The SMILES string of the molecule is CCCCOC(=O)N1CCC(CN2CCC(C(=O)NCCCS(=O)(=O)c3ccc4cc(Br)ccc4c3)CC2)CC1. The standard InChI is InChI=1S/C30H42BrN3O5S/c1-2-3-18-39-30(36)34-16-9-23(10-17-34)22-33-14-11-24(12-15-33)29(35)32-13-4-19-40(37,38)28-8-6-25-20-27(31)7-5-26(25)21-28/h5-8,20-21,23-24H,2-4,9-19,22H2,1H3,(H,32,35). The minimum Gasteiger partial charge on any atom is -0.449 e. The molecule has 2 aromatic rings. The topological polar surface area (TPSA) is 96.0 Å². The molecule has 0 aliphatic carbocycles. The van der Waals surface area contributed by atoms with E-state index < -0.39 is 9.84 Å². The first-order valence-electron chi connectivity index (χ1n) is 14.6. The average molecular weight is 637 g/mol. The van der Waals surface area contributed by atoms with E-state index in [2.05, 4.69) is 33.1 Å². The molecule has 8 nitrogen and oxygen atoms in total. The lowest BCUT2D eigenvalue weighted by molar-refractivity contribution is -0.126. The molecule has 2 fully saturated rings. The predicted molar refractivity (Wildman–Crippen MR) is 161 cm³/mol. The van der Waals surface area contributed by atoms with Crippen LogP contribution in [0.25, 0.3) is 10.8 Å². The van der Waals surface area contributed by atoms with Gasteiger partial charge >= 0.3 is 6.09 Å². The normalized spacial score (nSPS) is 17.7. The van der Waals surface area contributed by atoms with Crippen LogP contribution in [0.4, 0.5) is 4.79 Å².